The Bertz CT molecular complexity index is 927. The summed E-state index contributed by atoms with van der Waals surface area (Å²) in [5.41, 5.74) is 14.0. The van der Waals surface area contributed by atoms with Crippen molar-refractivity contribution in [1.29, 1.82) is 0 Å². The molecule has 3 aromatic rings. The predicted octanol–water partition coefficient (Wildman–Crippen LogP) is 4.03. The quantitative estimate of drug-likeness (QED) is 0.362. The second kappa shape index (κ2) is 8.12. The number of furan rings is 1. The largest absolute Gasteiger partial charge is 0.494 e. The summed E-state index contributed by atoms with van der Waals surface area (Å²) in [6.07, 6.45) is -0.0692. The monoisotopic (exact) mass is 383 g/mol. The summed E-state index contributed by atoms with van der Waals surface area (Å²) in [6.45, 7) is 7.29. The van der Waals surface area contributed by atoms with Crippen LogP contribution in [0.5, 0.6) is 5.75 Å². The van der Waals surface area contributed by atoms with Gasteiger partial charge in [-0.1, -0.05) is 12.1 Å². The summed E-state index contributed by atoms with van der Waals surface area (Å²) in [4.78, 5) is 0. The first kappa shape index (κ1) is 20.0. The van der Waals surface area contributed by atoms with E-state index in [0.29, 0.717) is 35.9 Å². The molecule has 0 spiro atoms. The molecule has 6 N–H and O–H groups in total. The minimum atomic E-state index is -0.869. The molecule has 6 nitrogen and oxygen atoms in total. The van der Waals surface area contributed by atoms with Crippen LogP contribution in [-0.2, 0) is 0 Å². The molecule has 0 aliphatic rings. The van der Waals surface area contributed by atoms with Gasteiger partial charge in [0.1, 0.15) is 17.4 Å². The minimum absolute atomic E-state index is 0.228. The van der Waals surface area contributed by atoms with Gasteiger partial charge in [0.2, 0.25) is 5.88 Å². The van der Waals surface area contributed by atoms with Crippen LogP contribution in [0.4, 0.5) is 11.6 Å². The fourth-order valence-electron chi connectivity index (χ4n) is 3.03. The van der Waals surface area contributed by atoms with E-state index in [0.717, 1.165) is 23.1 Å². The Morgan fingerprint density at radius 3 is 2.50 bits per heavy atom. The molecule has 0 amide bonds. The first-order valence-corrected chi connectivity index (χ1v) is 9.49. The lowest BCUT2D eigenvalue weighted by atomic mass is 9.99. The average molecular weight is 383 g/mol. The number of fused-ring (bicyclic) bond motifs is 1. The Morgan fingerprint density at radius 2 is 1.86 bits per heavy atom. The third-order valence-corrected chi connectivity index (χ3v) is 4.33. The molecule has 0 radical (unpaired) electrons. The van der Waals surface area contributed by atoms with Crippen LogP contribution in [0.2, 0.25) is 0 Å². The number of ether oxygens (including phenoxy) is 1. The normalized spacial score (nSPS) is 12.9. The van der Waals surface area contributed by atoms with E-state index in [2.05, 4.69) is 5.32 Å². The molecule has 3 rings (SSSR count). The highest BCUT2D eigenvalue weighted by atomic mass is 16.5. The number of benzene rings is 2. The van der Waals surface area contributed by atoms with Crippen LogP contribution in [0.15, 0.2) is 46.9 Å². The summed E-state index contributed by atoms with van der Waals surface area (Å²) in [6, 6.07) is 12.9. The smallest absolute Gasteiger partial charge is 0.200 e. The van der Waals surface area contributed by atoms with E-state index < -0.39 is 6.10 Å². The SMILES string of the molecule is CC(C)(C)Nc1oc2ccc(N)cc2c1C(O)c1ccc(OCCCN)cc1. The Kier molecular flexibility index (Phi) is 5.82. The van der Waals surface area contributed by atoms with Crippen LogP contribution in [0.25, 0.3) is 11.0 Å². The number of nitrogen functional groups attached to an aromatic ring is 1. The zero-order valence-electron chi connectivity index (χ0n) is 16.7. The van der Waals surface area contributed by atoms with Crippen molar-refractivity contribution >= 4 is 22.5 Å². The maximum absolute atomic E-state index is 11.2. The second-order valence-electron chi connectivity index (χ2n) is 7.94. The van der Waals surface area contributed by atoms with Gasteiger partial charge in [-0.15, -0.1) is 0 Å². The maximum Gasteiger partial charge on any atom is 0.200 e. The van der Waals surface area contributed by atoms with Gasteiger partial charge in [-0.25, -0.2) is 0 Å². The Morgan fingerprint density at radius 1 is 1.14 bits per heavy atom. The molecular weight excluding hydrogens is 354 g/mol. The number of aliphatic hydroxyl groups excluding tert-OH is 1. The van der Waals surface area contributed by atoms with E-state index in [4.69, 9.17) is 20.6 Å². The minimum Gasteiger partial charge on any atom is -0.494 e. The molecule has 2 aromatic carbocycles. The summed E-state index contributed by atoms with van der Waals surface area (Å²) >= 11 is 0. The van der Waals surface area contributed by atoms with Crippen LogP contribution >= 0.6 is 0 Å². The van der Waals surface area contributed by atoms with Gasteiger partial charge >= 0.3 is 0 Å². The lowest BCUT2D eigenvalue weighted by Crippen LogP contribution is -2.26. The van der Waals surface area contributed by atoms with Crippen molar-refractivity contribution in [3.63, 3.8) is 0 Å². The summed E-state index contributed by atoms with van der Waals surface area (Å²) in [7, 11) is 0. The van der Waals surface area contributed by atoms with Crippen molar-refractivity contribution in [2.24, 2.45) is 5.73 Å². The molecule has 1 heterocycles. The molecule has 1 unspecified atom stereocenters. The highest BCUT2D eigenvalue weighted by molar-refractivity contribution is 5.89. The molecule has 150 valence electrons. The molecule has 28 heavy (non-hydrogen) atoms. The highest BCUT2D eigenvalue weighted by Crippen LogP contribution is 2.39. The zero-order chi connectivity index (χ0) is 20.3. The number of aliphatic hydroxyl groups is 1. The Balaban J connectivity index is 1.96. The highest BCUT2D eigenvalue weighted by Gasteiger charge is 2.25. The first-order valence-electron chi connectivity index (χ1n) is 9.49. The standard InChI is InChI=1S/C22H29N3O3/c1-22(2,3)25-21-19(17-13-15(24)7-10-18(17)28-21)20(26)14-5-8-16(9-6-14)27-12-4-11-23/h5-10,13,20,25-26H,4,11-12,23-24H2,1-3H3. The van der Waals surface area contributed by atoms with Crippen LogP contribution in [0.1, 0.15) is 44.4 Å². The van der Waals surface area contributed by atoms with E-state index in [9.17, 15) is 5.11 Å². The third kappa shape index (κ3) is 4.58. The van der Waals surface area contributed by atoms with Gasteiger partial charge in [0.05, 0.1) is 12.2 Å². The van der Waals surface area contributed by atoms with Crippen LogP contribution in [0.3, 0.4) is 0 Å². The second-order valence-corrected chi connectivity index (χ2v) is 7.94. The molecule has 0 aliphatic carbocycles. The molecular formula is C22H29N3O3. The number of hydrogen-bond acceptors (Lipinski definition) is 6. The number of rotatable bonds is 7. The van der Waals surface area contributed by atoms with E-state index in [1.54, 1.807) is 6.07 Å². The van der Waals surface area contributed by atoms with Crippen molar-refractivity contribution in [2.75, 3.05) is 24.2 Å². The molecule has 1 aromatic heterocycles. The van der Waals surface area contributed by atoms with Crippen molar-refractivity contribution < 1.29 is 14.3 Å². The van der Waals surface area contributed by atoms with Crippen molar-refractivity contribution in [2.45, 2.75) is 38.8 Å². The van der Waals surface area contributed by atoms with Gasteiger partial charge < -0.3 is 31.0 Å². The maximum atomic E-state index is 11.2. The number of nitrogens with two attached hydrogens (primary N) is 2. The third-order valence-electron chi connectivity index (χ3n) is 4.33. The fourth-order valence-corrected chi connectivity index (χ4v) is 3.03. The lowest BCUT2D eigenvalue weighted by Gasteiger charge is -2.22. The fraction of sp³-hybridized carbons (Fsp3) is 0.364. The van der Waals surface area contributed by atoms with Gasteiger partial charge in [-0.05, 0) is 69.6 Å². The van der Waals surface area contributed by atoms with Gasteiger partial charge in [0.25, 0.3) is 0 Å². The molecule has 1 atom stereocenters. The summed E-state index contributed by atoms with van der Waals surface area (Å²) in [5.74, 6) is 1.29. The van der Waals surface area contributed by atoms with Gasteiger partial charge in [0, 0.05) is 16.6 Å². The van der Waals surface area contributed by atoms with E-state index in [1.807, 2.05) is 57.2 Å². The van der Waals surface area contributed by atoms with Gasteiger partial charge in [-0.3, -0.25) is 0 Å². The Hall–Kier alpha value is -2.70. The number of hydrogen-bond donors (Lipinski definition) is 4. The zero-order valence-corrected chi connectivity index (χ0v) is 16.7. The Labute approximate surface area is 165 Å². The summed E-state index contributed by atoms with van der Waals surface area (Å²) < 4.78 is 11.6. The lowest BCUT2D eigenvalue weighted by molar-refractivity contribution is 0.221. The molecule has 0 saturated carbocycles. The van der Waals surface area contributed by atoms with E-state index in [-0.39, 0.29) is 5.54 Å². The molecule has 0 aliphatic heterocycles. The van der Waals surface area contributed by atoms with Gasteiger partial charge in [-0.2, -0.15) is 0 Å². The topological polar surface area (TPSA) is 107 Å². The van der Waals surface area contributed by atoms with Crippen LogP contribution < -0.4 is 21.5 Å². The molecule has 0 fully saturated rings. The van der Waals surface area contributed by atoms with Gasteiger partial charge in [0.15, 0.2) is 0 Å². The van der Waals surface area contributed by atoms with Crippen molar-refractivity contribution in [1.82, 2.24) is 0 Å². The van der Waals surface area contributed by atoms with Crippen molar-refractivity contribution in [3.8, 4) is 5.75 Å². The molecule has 0 saturated heterocycles. The average Bonchev–Trinajstić information content (AvgIpc) is 2.97. The van der Waals surface area contributed by atoms with E-state index >= 15 is 0 Å². The predicted molar refractivity (Wildman–Crippen MR) is 114 cm³/mol. The van der Waals surface area contributed by atoms with Crippen LogP contribution in [0, 0.1) is 0 Å². The van der Waals surface area contributed by atoms with E-state index in [1.165, 1.54) is 0 Å². The molecule has 6 heteroatoms. The first-order chi connectivity index (χ1) is 13.3. The number of nitrogens with one attached hydrogen (secondary N) is 1. The summed E-state index contributed by atoms with van der Waals surface area (Å²) in [5, 5.41) is 15.3. The van der Waals surface area contributed by atoms with Crippen molar-refractivity contribution in [3.05, 3.63) is 53.6 Å². The van der Waals surface area contributed by atoms with Crippen LogP contribution in [-0.4, -0.2) is 23.8 Å². The number of anilines is 2. The molecule has 0 bridgehead atoms.